The molecule has 0 aromatic heterocycles. The second-order valence-electron chi connectivity index (χ2n) is 14.2. The van der Waals surface area contributed by atoms with E-state index in [2.05, 4.69) is 61.5 Å². The summed E-state index contributed by atoms with van der Waals surface area (Å²) in [6.07, 6.45) is 33.9. The van der Waals surface area contributed by atoms with Crippen LogP contribution >= 0.6 is 0 Å². The van der Waals surface area contributed by atoms with Gasteiger partial charge in [0.1, 0.15) is 18.8 Å². The lowest BCUT2D eigenvalue weighted by Gasteiger charge is -2.27. The number of anilines is 1. The highest BCUT2D eigenvalue weighted by Gasteiger charge is 2.36. The number of hydrogen-bond donors (Lipinski definition) is 1. The van der Waals surface area contributed by atoms with Gasteiger partial charge in [-0.1, -0.05) is 130 Å². The highest BCUT2D eigenvalue weighted by molar-refractivity contribution is 6.39. The molecule has 0 fully saturated rings. The molecule has 0 heterocycles. The van der Waals surface area contributed by atoms with Crippen molar-refractivity contribution in [3.63, 3.8) is 0 Å². The highest BCUT2D eigenvalue weighted by Crippen LogP contribution is 2.39. The molecule has 1 N–H and O–H groups in total. The fourth-order valence-corrected chi connectivity index (χ4v) is 6.98. The molecule has 4 nitrogen and oxygen atoms in total. The molecule has 48 heavy (non-hydrogen) atoms. The molecule has 4 heteroatoms. The van der Waals surface area contributed by atoms with E-state index in [0.717, 1.165) is 37.3 Å². The van der Waals surface area contributed by atoms with Crippen molar-refractivity contribution in [2.24, 2.45) is 0 Å². The average molecular weight is 658 g/mol. The first kappa shape index (κ1) is 39.6. The largest absolute Gasteiger partial charge is 0.506 e. The Labute approximate surface area is 294 Å². The first-order chi connectivity index (χ1) is 23.5. The Kier molecular flexibility index (Phi) is 19.3. The number of nitrogens with zero attached hydrogens (tertiary/aromatic N) is 2. The van der Waals surface area contributed by atoms with Gasteiger partial charge in [-0.05, 0) is 61.1 Å². The lowest BCUT2D eigenvalue weighted by Crippen LogP contribution is -2.26. The van der Waals surface area contributed by atoms with Gasteiger partial charge in [-0.25, -0.2) is 4.58 Å². The van der Waals surface area contributed by atoms with E-state index in [0.29, 0.717) is 11.1 Å². The van der Waals surface area contributed by atoms with Gasteiger partial charge < -0.3 is 10.0 Å². The van der Waals surface area contributed by atoms with Crippen LogP contribution in [0.2, 0.25) is 0 Å². The summed E-state index contributed by atoms with van der Waals surface area (Å²) in [7, 11) is 0. The highest BCUT2D eigenvalue weighted by atomic mass is 16.3. The molecule has 0 spiro atoms. The van der Waals surface area contributed by atoms with E-state index in [1.54, 1.807) is 0 Å². The van der Waals surface area contributed by atoms with Gasteiger partial charge in [0.05, 0.1) is 11.1 Å². The van der Waals surface area contributed by atoms with Crippen LogP contribution in [0.25, 0.3) is 5.57 Å². The quantitative estimate of drug-likeness (QED) is 0.0612. The minimum Gasteiger partial charge on any atom is -0.506 e. The second-order valence-corrected chi connectivity index (χ2v) is 14.2. The van der Waals surface area contributed by atoms with Gasteiger partial charge in [-0.3, -0.25) is 4.79 Å². The average Bonchev–Trinajstić information content (AvgIpc) is 3.10. The Morgan fingerprint density at radius 2 is 0.979 bits per heavy atom. The number of carbonyl (C=O) groups is 1. The summed E-state index contributed by atoms with van der Waals surface area (Å²) in [5.74, 6) is 0.0771. The van der Waals surface area contributed by atoms with E-state index in [1.165, 1.54) is 140 Å². The van der Waals surface area contributed by atoms with Crippen LogP contribution in [0, 0.1) is 0 Å². The third kappa shape index (κ3) is 12.9. The summed E-state index contributed by atoms with van der Waals surface area (Å²) < 4.78 is 2.53. The van der Waals surface area contributed by atoms with E-state index in [9.17, 15) is 9.90 Å². The number of benzene rings is 1. The van der Waals surface area contributed by atoms with Crippen LogP contribution in [0.5, 0.6) is 0 Å². The summed E-state index contributed by atoms with van der Waals surface area (Å²) in [4.78, 5) is 16.0. The van der Waals surface area contributed by atoms with Gasteiger partial charge in [-0.15, -0.1) is 0 Å². The van der Waals surface area contributed by atoms with Crippen molar-refractivity contribution >= 4 is 22.8 Å². The van der Waals surface area contributed by atoms with Gasteiger partial charge >= 0.3 is 0 Å². The van der Waals surface area contributed by atoms with E-state index in [-0.39, 0.29) is 11.5 Å². The van der Waals surface area contributed by atoms with Crippen LogP contribution in [0.1, 0.15) is 162 Å². The van der Waals surface area contributed by atoms with Crippen molar-refractivity contribution < 1.29 is 14.5 Å². The number of unbranched alkanes of at least 4 members (excludes halogenated alkanes) is 16. The topological polar surface area (TPSA) is 43.5 Å². The van der Waals surface area contributed by atoms with Crippen LogP contribution in [0.4, 0.5) is 5.69 Å². The van der Waals surface area contributed by atoms with Gasteiger partial charge in [0.2, 0.25) is 5.78 Å². The molecule has 0 bridgehead atoms. The van der Waals surface area contributed by atoms with Crippen molar-refractivity contribution in [2.45, 2.75) is 156 Å². The molecule has 266 valence electrons. The number of hydrogen-bond acceptors (Lipinski definition) is 3. The fraction of sp³-hybridized carbons (Fsp3) is 0.636. The zero-order valence-electron chi connectivity index (χ0n) is 31.3. The first-order valence-electron chi connectivity index (χ1n) is 20.1. The number of aliphatic hydroxyl groups excluding tert-OH is 1. The third-order valence-electron chi connectivity index (χ3n) is 10.1. The Hall–Kier alpha value is -2.88. The van der Waals surface area contributed by atoms with Crippen molar-refractivity contribution in [3.05, 3.63) is 71.0 Å². The van der Waals surface area contributed by atoms with Crippen LogP contribution < -0.4 is 4.90 Å². The number of aliphatic hydroxyl groups is 1. The Morgan fingerprint density at radius 3 is 1.42 bits per heavy atom. The lowest BCUT2D eigenvalue weighted by atomic mass is 9.80. The Balaban J connectivity index is 1.70. The molecule has 0 saturated carbocycles. The van der Waals surface area contributed by atoms with Crippen molar-refractivity contribution in [3.8, 4) is 0 Å². The summed E-state index contributed by atoms with van der Waals surface area (Å²) in [5, 5.41) is 11.2. The Morgan fingerprint density at radius 1 is 0.542 bits per heavy atom. The molecule has 0 amide bonds. The molecule has 0 aliphatic heterocycles. The van der Waals surface area contributed by atoms with Gasteiger partial charge in [0.15, 0.2) is 5.71 Å². The fourth-order valence-electron chi connectivity index (χ4n) is 6.98. The summed E-state index contributed by atoms with van der Waals surface area (Å²) in [6.45, 7) is 13.4. The number of Topliss-reactive ketones (excluding diaryl/α,β-unsaturated/α-hetero) is 1. The van der Waals surface area contributed by atoms with Crippen molar-refractivity contribution in [2.75, 3.05) is 31.1 Å². The molecule has 3 rings (SSSR count). The number of ketones is 1. The zero-order valence-corrected chi connectivity index (χ0v) is 31.3. The molecule has 0 unspecified atom stereocenters. The molecule has 1 aromatic rings. The maximum atomic E-state index is 13.4. The van der Waals surface area contributed by atoms with Gasteiger partial charge in [-0.2, -0.15) is 0 Å². The second kappa shape index (κ2) is 23.5. The zero-order chi connectivity index (χ0) is 34.4. The monoisotopic (exact) mass is 658 g/mol. The number of rotatable bonds is 26. The van der Waals surface area contributed by atoms with Gasteiger partial charge in [0, 0.05) is 43.8 Å². The van der Waals surface area contributed by atoms with E-state index in [1.807, 2.05) is 24.3 Å². The van der Waals surface area contributed by atoms with Crippen LogP contribution in [-0.4, -0.2) is 47.4 Å². The van der Waals surface area contributed by atoms with E-state index >= 15 is 0 Å². The minimum atomic E-state index is -0.0552. The summed E-state index contributed by atoms with van der Waals surface area (Å²) in [6, 6.07) is 8.34. The standard InChI is InChI=1S/C44H68N2O2/c1-5-9-13-17-21-33-45(34-22-18-14-10-6-2)39-29-25-37(26-30-39)41-43(47)42(44(41)48)38-27-31-40(32-28-38)46(35-23-19-15-11-7-3)36-24-20-16-12-8-4/h25-32H,5-24,33-36H2,1-4H3/p+1. The van der Waals surface area contributed by atoms with Crippen LogP contribution in [0.15, 0.2) is 65.5 Å². The lowest BCUT2D eigenvalue weighted by molar-refractivity contribution is -0.527. The predicted molar refractivity (Wildman–Crippen MR) is 209 cm³/mol. The molecule has 0 atom stereocenters. The van der Waals surface area contributed by atoms with Crippen molar-refractivity contribution in [1.29, 1.82) is 0 Å². The molecule has 2 aliphatic rings. The maximum absolute atomic E-state index is 13.4. The number of carbonyl (C=O) groups excluding carboxylic acids is 1. The third-order valence-corrected chi connectivity index (χ3v) is 10.1. The number of allylic oxidation sites excluding steroid dienone is 7. The molecule has 0 radical (unpaired) electrons. The summed E-state index contributed by atoms with van der Waals surface area (Å²) in [5.41, 5.74) is 4.96. The molecule has 0 saturated heterocycles. The van der Waals surface area contributed by atoms with E-state index in [4.69, 9.17) is 0 Å². The van der Waals surface area contributed by atoms with E-state index < -0.39 is 0 Å². The molecular weight excluding hydrogens is 588 g/mol. The summed E-state index contributed by atoms with van der Waals surface area (Å²) >= 11 is 0. The van der Waals surface area contributed by atoms with Crippen LogP contribution in [-0.2, 0) is 4.79 Å². The predicted octanol–water partition coefficient (Wildman–Crippen LogP) is 12.1. The molecule has 1 aromatic carbocycles. The first-order valence-corrected chi connectivity index (χ1v) is 20.1. The molecular formula is C44H69N2O2+. The Bertz CT molecular complexity index is 1200. The van der Waals surface area contributed by atoms with Gasteiger partial charge in [0.25, 0.3) is 0 Å². The maximum Gasteiger partial charge on any atom is 0.201 e. The smallest absolute Gasteiger partial charge is 0.201 e. The molecule has 2 aliphatic carbocycles. The minimum absolute atomic E-state index is 0.0552. The van der Waals surface area contributed by atoms with Crippen molar-refractivity contribution in [1.82, 2.24) is 0 Å². The SMILES string of the molecule is CCCCCCCN(CCCCCCC)c1ccc(C2=C(O)C(=C3C=CC(=[N+](CCCCCCC)CCCCCCC)C=C3)C2=O)cc1. The van der Waals surface area contributed by atoms with Crippen LogP contribution in [0.3, 0.4) is 0 Å². The normalized spacial score (nSPS) is 14.3.